The summed E-state index contributed by atoms with van der Waals surface area (Å²) in [5.41, 5.74) is -0.0219. The molecule has 0 spiro atoms. The topological polar surface area (TPSA) is 38.7 Å². The maximum atomic E-state index is 4.49. The fourth-order valence-corrected chi connectivity index (χ4v) is 1.02. The van der Waals surface area contributed by atoms with Crippen molar-refractivity contribution in [1.29, 1.82) is 0 Å². The van der Waals surface area contributed by atoms with Gasteiger partial charge in [0.1, 0.15) is 18.0 Å². The lowest BCUT2D eigenvalue weighted by Gasteiger charge is -2.20. The van der Waals surface area contributed by atoms with Crippen LogP contribution < -0.4 is 0 Å². The van der Waals surface area contributed by atoms with Crippen LogP contribution in [0.5, 0.6) is 0 Å². The van der Waals surface area contributed by atoms with E-state index >= 15 is 0 Å². The van der Waals surface area contributed by atoms with Crippen molar-refractivity contribution in [2.24, 2.45) is 0 Å². The average molecular weight is 193 g/mol. The molecule has 0 atom stereocenters. The van der Waals surface area contributed by atoms with Crippen molar-refractivity contribution in [2.75, 3.05) is 0 Å². The molecule has 0 aromatic carbocycles. The van der Waals surface area contributed by atoms with Gasteiger partial charge in [0.05, 0.1) is 0 Å². The molecule has 1 aromatic heterocycles. The Morgan fingerprint density at radius 1 is 0.786 bits per heavy atom. The lowest BCUT2D eigenvalue weighted by molar-refractivity contribution is 0.495. The second kappa shape index (κ2) is 3.30. The summed E-state index contributed by atoms with van der Waals surface area (Å²) >= 11 is 0. The van der Waals surface area contributed by atoms with Gasteiger partial charge in [-0.15, -0.1) is 0 Å². The highest BCUT2D eigenvalue weighted by atomic mass is 15.0. The molecule has 0 aliphatic heterocycles. The monoisotopic (exact) mass is 193 g/mol. The first-order chi connectivity index (χ1) is 6.21. The third-order valence-electron chi connectivity index (χ3n) is 1.91. The third kappa shape index (κ3) is 2.50. The lowest BCUT2D eigenvalue weighted by atomic mass is 9.93. The van der Waals surface area contributed by atoms with Crippen molar-refractivity contribution < 1.29 is 0 Å². The van der Waals surface area contributed by atoms with Crippen LogP contribution in [0.1, 0.15) is 53.2 Å². The summed E-state index contributed by atoms with van der Waals surface area (Å²) in [4.78, 5) is 12.9. The zero-order chi connectivity index (χ0) is 11.0. The van der Waals surface area contributed by atoms with Crippen LogP contribution in [-0.4, -0.2) is 15.0 Å². The molecule has 0 radical (unpaired) electrons. The van der Waals surface area contributed by atoms with E-state index in [9.17, 15) is 0 Å². The molecule has 3 nitrogen and oxygen atoms in total. The lowest BCUT2D eigenvalue weighted by Crippen LogP contribution is -2.22. The first-order valence-corrected chi connectivity index (χ1v) is 4.91. The van der Waals surface area contributed by atoms with Gasteiger partial charge in [0, 0.05) is 10.8 Å². The summed E-state index contributed by atoms with van der Waals surface area (Å²) in [6.07, 6.45) is 1.61. The van der Waals surface area contributed by atoms with Gasteiger partial charge in [-0.1, -0.05) is 41.5 Å². The number of nitrogens with zero attached hydrogens (tertiary/aromatic N) is 3. The van der Waals surface area contributed by atoms with Crippen LogP contribution in [-0.2, 0) is 10.8 Å². The molecule has 1 rings (SSSR count). The van der Waals surface area contributed by atoms with Gasteiger partial charge in [-0.2, -0.15) is 0 Å². The quantitative estimate of drug-likeness (QED) is 0.635. The fourth-order valence-electron chi connectivity index (χ4n) is 1.02. The normalized spacial score (nSPS) is 13.0. The van der Waals surface area contributed by atoms with Crippen molar-refractivity contribution in [3.8, 4) is 0 Å². The molecule has 1 aromatic rings. The molecule has 78 valence electrons. The molecule has 0 aliphatic carbocycles. The highest BCUT2D eigenvalue weighted by Gasteiger charge is 2.22. The predicted molar refractivity (Wildman–Crippen MR) is 57.2 cm³/mol. The van der Waals surface area contributed by atoms with Gasteiger partial charge >= 0.3 is 0 Å². The molecular weight excluding hydrogens is 174 g/mol. The van der Waals surface area contributed by atoms with E-state index in [1.807, 2.05) is 0 Å². The molecule has 0 N–H and O–H groups in total. The van der Waals surface area contributed by atoms with Crippen LogP contribution in [0.4, 0.5) is 0 Å². The number of hydrogen-bond acceptors (Lipinski definition) is 3. The molecule has 0 amide bonds. The second-order valence-corrected chi connectivity index (χ2v) is 5.63. The Kier molecular flexibility index (Phi) is 2.61. The van der Waals surface area contributed by atoms with Crippen molar-refractivity contribution in [2.45, 2.75) is 52.4 Å². The van der Waals surface area contributed by atoms with Gasteiger partial charge < -0.3 is 0 Å². The summed E-state index contributed by atoms with van der Waals surface area (Å²) in [6.45, 7) is 12.6. The van der Waals surface area contributed by atoms with Crippen molar-refractivity contribution >= 4 is 0 Å². The molecule has 0 saturated carbocycles. The summed E-state index contributed by atoms with van der Waals surface area (Å²) in [7, 11) is 0. The van der Waals surface area contributed by atoms with Crippen LogP contribution >= 0.6 is 0 Å². The van der Waals surface area contributed by atoms with Crippen LogP contribution in [0.15, 0.2) is 6.33 Å². The predicted octanol–water partition coefficient (Wildman–Crippen LogP) is 2.47. The molecule has 0 unspecified atom stereocenters. The van der Waals surface area contributed by atoms with E-state index in [-0.39, 0.29) is 10.8 Å². The smallest absolute Gasteiger partial charge is 0.137 e. The van der Waals surface area contributed by atoms with Gasteiger partial charge in [-0.3, -0.25) is 0 Å². The number of rotatable bonds is 0. The van der Waals surface area contributed by atoms with E-state index in [2.05, 4.69) is 56.5 Å². The SMILES string of the molecule is CC(C)(C)c1ncnc(C(C)(C)C)n1. The maximum Gasteiger partial charge on any atom is 0.137 e. The standard InChI is InChI=1S/C11H19N3/c1-10(2,3)8-12-7-13-9(14-8)11(4,5)6/h7H,1-6H3. The first kappa shape index (κ1) is 11.1. The molecule has 0 fully saturated rings. The van der Waals surface area contributed by atoms with E-state index in [1.54, 1.807) is 6.33 Å². The Hall–Kier alpha value is -0.990. The Labute approximate surface area is 86.0 Å². The van der Waals surface area contributed by atoms with E-state index in [1.165, 1.54) is 0 Å². The Morgan fingerprint density at radius 2 is 1.14 bits per heavy atom. The van der Waals surface area contributed by atoms with Gasteiger partial charge in [0.15, 0.2) is 0 Å². The van der Waals surface area contributed by atoms with Gasteiger partial charge in [0.2, 0.25) is 0 Å². The molecule has 3 heteroatoms. The Bertz CT molecular complexity index is 289. The minimum Gasteiger partial charge on any atom is -0.221 e. The van der Waals surface area contributed by atoms with Crippen molar-refractivity contribution in [1.82, 2.24) is 15.0 Å². The minimum absolute atomic E-state index is 0.0110. The van der Waals surface area contributed by atoms with Crippen LogP contribution in [0, 0.1) is 0 Å². The second-order valence-electron chi connectivity index (χ2n) is 5.63. The Balaban J connectivity index is 3.15. The number of hydrogen-bond donors (Lipinski definition) is 0. The molecular formula is C11H19N3. The highest BCUT2D eigenvalue weighted by Crippen LogP contribution is 2.21. The highest BCUT2D eigenvalue weighted by molar-refractivity contribution is 5.07. The zero-order valence-corrected chi connectivity index (χ0v) is 9.92. The fraction of sp³-hybridized carbons (Fsp3) is 0.727. The van der Waals surface area contributed by atoms with Gasteiger partial charge in [-0.25, -0.2) is 15.0 Å². The van der Waals surface area contributed by atoms with Gasteiger partial charge in [0.25, 0.3) is 0 Å². The molecule has 0 aliphatic rings. The summed E-state index contributed by atoms with van der Waals surface area (Å²) in [6, 6.07) is 0. The maximum absolute atomic E-state index is 4.49. The third-order valence-corrected chi connectivity index (χ3v) is 1.91. The van der Waals surface area contributed by atoms with E-state index in [0.717, 1.165) is 11.6 Å². The van der Waals surface area contributed by atoms with E-state index < -0.39 is 0 Å². The molecule has 14 heavy (non-hydrogen) atoms. The number of aromatic nitrogens is 3. The molecule has 0 saturated heterocycles. The molecule has 0 bridgehead atoms. The van der Waals surface area contributed by atoms with Crippen LogP contribution in [0.25, 0.3) is 0 Å². The average Bonchev–Trinajstić information content (AvgIpc) is 2.01. The van der Waals surface area contributed by atoms with E-state index in [4.69, 9.17) is 0 Å². The minimum atomic E-state index is -0.0110. The van der Waals surface area contributed by atoms with E-state index in [0.29, 0.717) is 0 Å². The summed E-state index contributed by atoms with van der Waals surface area (Å²) in [5, 5.41) is 0. The van der Waals surface area contributed by atoms with Crippen LogP contribution in [0.3, 0.4) is 0 Å². The van der Waals surface area contributed by atoms with Crippen LogP contribution in [0.2, 0.25) is 0 Å². The summed E-state index contributed by atoms with van der Waals surface area (Å²) in [5.74, 6) is 1.72. The Morgan fingerprint density at radius 3 is 1.43 bits per heavy atom. The molecule has 1 heterocycles. The first-order valence-electron chi connectivity index (χ1n) is 4.91. The zero-order valence-electron chi connectivity index (χ0n) is 9.92. The summed E-state index contributed by atoms with van der Waals surface area (Å²) < 4.78 is 0. The van der Waals surface area contributed by atoms with Crippen molar-refractivity contribution in [3.63, 3.8) is 0 Å². The van der Waals surface area contributed by atoms with Crippen molar-refractivity contribution in [3.05, 3.63) is 18.0 Å². The largest absolute Gasteiger partial charge is 0.221 e. The van der Waals surface area contributed by atoms with Gasteiger partial charge in [-0.05, 0) is 0 Å².